The Bertz CT molecular complexity index is 159. The molecule has 0 amide bonds. The first-order chi connectivity index (χ1) is 5.19. The third kappa shape index (κ3) is 1.11. The Morgan fingerprint density at radius 3 is 2.36 bits per heavy atom. The van der Waals surface area contributed by atoms with E-state index in [0.717, 1.165) is 23.2 Å². The summed E-state index contributed by atoms with van der Waals surface area (Å²) in [6.07, 6.45) is 6.08. The lowest BCUT2D eigenvalue weighted by Gasteiger charge is -2.01. The van der Waals surface area contributed by atoms with Crippen LogP contribution in [0.4, 0.5) is 0 Å². The van der Waals surface area contributed by atoms with Crippen LogP contribution in [0.5, 0.6) is 0 Å². The van der Waals surface area contributed by atoms with E-state index in [9.17, 15) is 0 Å². The normalized spacial score (nSPS) is 46.9. The minimum absolute atomic E-state index is 0.916. The molecule has 11 heavy (non-hydrogen) atoms. The van der Waals surface area contributed by atoms with Crippen LogP contribution in [-0.2, 0) is 0 Å². The molecule has 2 aliphatic rings. The van der Waals surface area contributed by atoms with E-state index >= 15 is 0 Å². The Labute approximate surface area is 70.4 Å². The van der Waals surface area contributed by atoms with Gasteiger partial charge in [-0.25, -0.2) is 0 Å². The van der Waals surface area contributed by atoms with Gasteiger partial charge in [0.05, 0.1) is 0 Å². The molecule has 2 rings (SSSR count). The van der Waals surface area contributed by atoms with Gasteiger partial charge in [-0.2, -0.15) is 0 Å². The van der Waals surface area contributed by atoms with E-state index in [0.29, 0.717) is 0 Å². The standard InChI is InChI=1S/C11H20/c1-4-9-6-11(9)7-10(11)5-8(2)3/h8-10H,4-7H2,1-3H3. The summed E-state index contributed by atoms with van der Waals surface area (Å²) < 4.78 is 0. The summed E-state index contributed by atoms with van der Waals surface area (Å²) in [5.41, 5.74) is 0.916. The first-order valence-electron chi connectivity index (χ1n) is 5.19. The highest BCUT2D eigenvalue weighted by Gasteiger charge is 2.68. The fourth-order valence-electron chi connectivity index (χ4n) is 2.99. The third-order valence-corrected chi connectivity index (χ3v) is 3.81. The molecule has 3 unspecified atom stereocenters. The predicted molar refractivity (Wildman–Crippen MR) is 48.4 cm³/mol. The molecular weight excluding hydrogens is 132 g/mol. The van der Waals surface area contributed by atoms with Crippen molar-refractivity contribution in [3.63, 3.8) is 0 Å². The zero-order valence-corrected chi connectivity index (χ0v) is 8.06. The average molecular weight is 152 g/mol. The molecule has 0 radical (unpaired) electrons. The summed E-state index contributed by atoms with van der Waals surface area (Å²) in [5.74, 6) is 3.19. The van der Waals surface area contributed by atoms with Gasteiger partial charge in [0.2, 0.25) is 0 Å². The lowest BCUT2D eigenvalue weighted by atomic mass is 10.0. The van der Waals surface area contributed by atoms with Crippen LogP contribution in [0, 0.1) is 23.2 Å². The molecule has 0 saturated heterocycles. The van der Waals surface area contributed by atoms with Crippen molar-refractivity contribution in [1.29, 1.82) is 0 Å². The van der Waals surface area contributed by atoms with E-state index < -0.39 is 0 Å². The fraction of sp³-hybridized carbons (Fsp3) is 1.00. The van der Waals surface area contributed by atoms with Crippen LogP contribution >= 0.6 is 0 Å². The lowest BCUT2D eigenvalue weighted by molar-refractivity contribution is 0.491. The molecule has 0 heteroatoms. The molecule has 0 N–H and O–H groups in total. The maximum Gasteiger partial charge on any atom is -0.0235 e. The molecular formula is C11H20. The first kappa shape index (κ1) is 7.64. The smallest absolute Gasteiger partial charge is 0.0235 e. The van der Waals surface area contributed by atoms with Crippen molar-refractivity contribution in [3.8, 4) is 0 Å². The molecule has 0 bridgehead atoms. The van der Waals surface area contributed by atoms with Gasteiger partial charge in [0, 0.05) is 0 Å². The third-order valence-electron chi connectivity index (χ3n) is 3.81. The van der Waals surface area contributed by atoms with Gasteiger partial charge in [0.15, 0.2) is 0 Å². The molecule has 2 aliphatic carbocycles. The van der Waals surface area contributed by atoms with E-state index in [-0.39, 0.29) is 0 Å². The Morgan fingerprint density at radius 2 is 1.91 bits per heavy atom. The number of hydrogen-bond acceptors (Lipinski definition) is 0. The number of hydrogen-bond donors (Lipinski definition) is 0. The van der Waals surface area contributed by atoms with Crippen molar-refractivity contribution >= 4 is 0 Å². The summed E-state index contributed by atoms with van der Waals surface area (Å²) in [7, 11) is 0. The Hall–Kier alpha value is 0. The van der Waals surface area contributed by atoms with Crippen LogP contribution < -0.4 is 0 Å². The Morgan fingerprint density at radius 1 is 1.27 bits per heavy atom. The quantitative estimate of drug-likeness (QED) is 0.581. The zero-order chi connectivity index (χ0) is 8.06. The molecule has 1 spiro atoms. The van der Waals surface area contributed by atoms with E-state index in [1.54, 1.807) is 12.8 Å². The van der Waals surface area contributed by atoms with E-state index in [4.69, 9.17) is 0 Å². The summed E-state index contributed by atoms with van der Waals surface area (Å²) in [6, 6.07) is 0. The summed E-state index contributed by atoms with van der Waals surface area (Å²) >= 11 is 0. The van der Waals surface area contributed by atoms with Crippen molar-refractivity contribution in [2.24, 2.45) is 23.2 Å². The average Bonchev–Trinajstić information content (AvgIpc) is 2.75. The van der Waals surface area contributed by atoms with Gasteiger partial charge in [-0.15, -0.1) is 0 Å². The van der Waals surface area contributed by atoms with Crippen molar-refractivity contribution in [3.05, 3.63) is 0 Å². The van der Waals surface area contributed by atoms with Gasteiger partial charge in [-0.3, -0.25) is 0 Å². The SMILES string of the molecule is CCC1CC12CC2CC(C)C. The Kier molecular flexibility index (Phi) is 1.56. The Balaban J connectivity index is 1.79. The van der Waals surface area contributed by atoms with Crippen LogP contribution in [0.15, 0.2) is 0 Å². The molecule has 0 aliphatic heterocycles. The minimum Gasteiger partial charge on any atom is -0.0651 e. The van der Waals surface area contributed by atoms with Crippen LogP contribution in [0.3, 0.4) is 0 Å². The van der Waals surface area contributed by atoms with Gasteiger partial charge in [-0.05, 0) is 42.4 Å². The molecule has 0 nitrogen and oxygen atoms in total. The van der Waals surface area contributed by atoms with Gasteiger partial charge in [0.1, 0.15) is 0 Å². The molecule has 0 aromatic carbocycles. The van der Waals surface area contributed by atoms with Crippen molar-refractivity contribution in [2.75, 3.05) is 0 Å². The van der Waals surface area contributed by atoms with Crippen LogP contribution in [-0.4, -0.2) is 0 Å². The predicted octanol–water partition coefficient (Wildman–Crippen LogP) is 3.47. The second kappa shape index (κ2) is 2.24. The van der Waals surface area contributed by atoms with Crippen molar-refractivity contribution in [2.45, 2.75) is 46.5 Å². The fourth-order valence-corrected chi connectivity index (χ4v) is 2.99. The maximum atomic E-state index is 2.36. The van der Waals surface area contributed by atoms with Gasteiger partial charge in [-0.1, -0.05) is 27.2 Å². The van der Waals surface area contributed by atoms with Crippen LogP contribution in [0.2, 0.25) is 0 Å². The second-order valence-corrected chi connectivity index (χ2v) is 5.07. The van der Waals surface area contributed by atoms with Crippen molar-refractivity contribution in [1.82, 2.24) is 0 Å². The summed E-state index contributed by atoms with van der Waals surface area (Å²) in [5, 5.41) is 0. The second-order valence-electron chi connectivity index (χ2n) is 5.07. The zero-order valence-electron chi connectivity index (χ0n) is 8.06. The molecule has 2 saturated carbocycles. The van der Waals surface area contributed by atoms with Gasteiger partial charge >= 0.3 is 0 Å². The van der Waals surface area contributed by atoms with Crippen LogP contribution in [0.25, 0.3) is 0 Å². The van der Waals surface area contributed by atoms with E-state index in [1.807, 2.05) is 0 Å². The molecule has 0 aromatic rings. The molecule has 0 aromatic heterocycles. The highest BCUT2D eigenvalue weighted by atomic mass is 14.7. The minimum atomic E-state index is 0.916. The molecule has 3 atom stereocenters. The topological polar surface area (TPSA) is 0 Å². The van der Waals surface area contributed by atoms with Gasteiger partial charge in [0.25, 0.3) is 0 Å². The van der Waals surface area contributed by atoms with E-state index in [2.05, 4.69) is 20.8 Å². The maximum absolute atomic E-state index is 2.36. The highest BCUT2D eigenvalue weighted by molar-refractivity contribution is 5.17. The first-order valence-corrected chi connectivity index (χ1v) is 5.19. The lowest BCUT2D eigenvalue weighted by Crippen LogP contribution is -1.91. The largest absolute Gasteiger partial charge is 0.0651 e. The number of rotatable bonds is 3. The molecule has 64 valence electrons. The van der Waals surface area contributed by atoms with Crippen molar-refractivity contribution < 1.29 is 0 Å². The molecule has 2 fully saturated rings. The monoisotopic (exact) mass is 152 g/mol. The van der Waals surface area contributed by atoms with Crippen LogP contribution in [0.1, 0.15) is 46.5 Å². The highest BCUT2D eigenvalue weighted by Crippen LogP contribution is 2.76. The molecule has 0 heterocycles. The van der Waals surface area contributed by atoms with E-state index in [1.165, 1.54) is 12.8 Å². The summed E-state index contributed by atoms with van der Waals surface area (Å²) in [6.45, 7) is 7.06. The van der Waals surface area contributed by atoms with Gasteiger partial charge < -0.3 is 0 Å². The summed E-state index contributed by atoms with van der Waals surface area (Å²) in [4.78, 5) is 0.